The number of aryl methyl sites for hydroxylation is 1. The molecule has 132 valence electrons. The molecule has 0 atom stereocenters. The highest BCUT2D eigenvalue weighted by Gasteiger charge is 2.14. The summed E-state index contributed by atoms with van der Waals surface area (Å²) >= 11 is 2.51. The molecule has 0 saturated carbocycles. The molecule has 3 rings (SSSR count). The molecule has 0 aliphatic carbocycles. The summed E-state index contributed by atoms with van der Waals surface area (Å²) in [6, 6.07) is 12.8. The summed E-state index contributed by atoms with van der Waals surface area (Å²) < 4.78 is 12.3. The maximum Gasteiger partial charge on any atom is 0.119 e. The van der Waals surface area contributed by atoms with Gasteiger partial charge in [0.15, 0.2) is 0 Å². The lowest BCUT2D eigenvalue weighted by Gasteiger charge is -2.16. The Kier molecular flexibility index (Phi) is 6.05. The van der Waals surface area contributed by atoms with Crippen molar-refractivity contribution >= 4 is 44.1 Å². The zero-order valence-corrected chi connectivity index (χ0v) is 17.4. The smallest absolute Gasteiger partial charge is 0.119 e. The van der Waals surface area contributed by atoms with E-state index in [9.17, 15) is 0 Å². The molecule has 3 aromatic carbocycles. The summed E-state index contributed by atoms with van der Waals surface area (Å²) in [6.07, 6.45) is 6.19. The van der Waals surface area contributed by atoms with Crippen molar-refractivity contribution in [3.05, 3.63) is 45.5 Å². The van der Waals surface area contributed by atoms with E-state index >= 15 is 0 Å². The van der Waals surface area contributed by atoms with Crippen LogP contribution in [0.5, 0.6) is 11.5 Å². The van der Waals surface area contributed by atoms with Gasteiger partial charge in [0.25, 0.3) is 0 Å². The number of fused-ring (bicyclic) bond motifs is 3. The largest absolute Gasteiger partial charge is 0.497 e. The van der Waals surface area contributed by atoms with Gasteiger partial charge in [-0.15, -0.1) is 0 Å². The molecule has 0 saturated heterocycles. The highest BCUT2D eigenvalue weighted by molar-refractivity contribution is 14.1. The minimum absolute atomic E-state index is 0.912. The normalized spacial score (nSPS) is 11.2. The summed E-state index contributed by atoms with van der Waals surface area (Å²) in [4.78, 5) is 0. The zero-order valence-electron chi connectivity index (χ0n) is 15.2. The predicted molar refractivity (Wildman–Crippen MR) is 115 cm³/mol. The molecule has 0 aliphatic rings. The van der Waals surface area contributed by atoms with E-state index in [1.807, 2.05) is 6.07 Å². The van der Waals surface area contributed by atoms with Crippen molar-refractivity contribution in [2.24, 2.45) is 0 Å². The molecule has 25 heavy (non-hydrogen) atoms. The second-order valence-corrected chi connectivity index (χ2v) is 7.50. The molecule has 0 radical (unpaired) electrons. The molecule has 0 amide bonds. The molecule has 0 unspecified atom stereocenters. The second kappa shape index (κ2) is 8.26. The van der Waals surface area contributed by atoms with Crippen LogP contribution in [-0.4, -0.2) is 14.2 Å². The number of rotatable bonds is 7. The fraction of sp³-hybridized carbons (Fsp3) is 0.364. The van der Waals surface area contributed by atoms with Crippen molar-refractivity contribution in [2.75, 3.05) is 14.2 Å². The first-order chi connectivity index (χ1) is 12.2. The molecule has 2 nitrogen and oxygen atoms in total. The lowest BCUT2D eigenvalue weighted by Crippen LogP contribution is -1.96. The fourth-order valence-electron chi connectivity index (χ4n) is 3.46. The molecule has 0 aromatic heterocycles. The van der Waals surface area contributed by atoms with Gasteiger partial charge >= 0.3 is 0 Å². The predicted octanol–water partition coefficient (Wildman–Crippen LogP) is 6.74. The second-order valence-electron chi connectivity index (χ2n) is 6.43. The minimum Gasteiger partial charge on any atom is -0.497 e. The van der Waals surface area contributed by atoms with E-state index in [2.05, 4.69) is 59.8 Å². The monoisotopic (exact) mass is 448 g/mol. The van der Waals surface area contributed by atoms with Gasteiger partial charge < -0.3 is 9.47 Å². The van der Waals surface area contributed by atoms with Gasteiger partial charge in [-0.1, -0.05) is 38.3 Å². The average Bonchev–Trinajstić information content (AvgIpc) is 2.66. The SMILES string of the molecule is CCCCCCc1c(I)c2cc(OC)ccc2c2ccc(OC)cc12. The van der Waals surface area contributed by atoms with Crippen LogP contribution in [0.3, 0.4) is 0 Å². The Morgan fingerprint density at radius 1 is 0.760 bits per heavy atom. The standard InChI is InChI=1S/C22H25IO2/c1-4-5-6-7-8-19-20-13-15(24-2)9-11-17(20)18-12-10-16(25-3)14-21(18)22(19)23/h9-14H,4-8H2,1-3H3. The van der Waals surface area contributed by atoms with E-state index in [0.717, 1.165) is 17.9 Å². The third-order valence-electron chi connectivity index (χ3n) is 4.85. The third-order valence-corrected chi connectivity index (χ3v) is 6.08. The topological polar surface area (TPSA) is 18.5 Å². The van der Waals surface area contributed by atoms with Gasteiger partial charge in [0, 0.05) is 3.57 Å². The van der Waals surface area contributed by atoms with Crippen LogP contribution >= 0.6 is 22.6 Å². The highest BCUT2D eigenvalue weighted by atomic mass is 127. The number of unbranched alkanes of at least 4 members (excludes halogenated alkanes) is 3. The van der Waals surface area contributed by atoms with Gasteiger partial charge in [-0.25, -0.2) is 0 Å². The van der Waals surface area contributed by atoms with Crippen LogP contribution in [0.15, 0.2) is 36.4 Å². The number of ether oxygens (including phenoxy) is 2. The third kappa shape index (κ3) is 3.71. The van der Waals surface area contributed by atoms with E-state index in [0.29, 0.717) is 0 Å². The van der Waals surface area contributed by atoms with Crippen LogP contribution in [0.2, 0.25) is 0 Å². The number of benzene rings is 3. The van der Waals surface area contributed by atoms with Crippen molar-refractivity contribution in [1.82, 2.24) is 0 Å². The van der Waals surface area contributed by atoms with Crippen LogP contribution in [0.4, 0.5) is 0 Å². The van der Waals surface area contributed by atoms with Crippen LogP contribution in [0.1, 0.15) is 38.2 Å². The first kappa shape index (κ1) is 18.3. The quantitative estimate of drug-likeness (QED) is 0.227. The molecule has 0 aliphatic heterocycles. The van der Waals surface area contributed by atoms with Gasteiger partial charge in [0.2, 0.25) is 0 Å². The Morgan fingerprint density at radius 2 is 1.36 bits per heavy atom. The Balaban J connectivity index is 2.21. The van der Waals surface area contributed by atoms with Crippen molar-refractivity contribution in [1.29, 1.82) is 0 Å². The highest BCUT2D eigenvalue weighted by Crippen LogP contribution is 2.38. The molecular formula is C22H25IO2. The van der Waals surface area contributed by atoms with Gasteiger partial charge in [0.1, 0.15) is 11.5 Å². The van der Waals surface area contributed by atoms with E-state index in [4.69, 9.17) is 9.47 Å². The van der Waals surface area contributed by atoms with Crippen LogP contribution in [-0.2, 0) is 6.42 Å². The minimum atomic E-state index is 0.912. The molecule has 0 bridgehead atoms. The molecule has 3 aromatic rings. The van der Waals surface area contributed by atoms with Crippen molar-refractivity contribution in [2.45, 2.75) is 39.0 Å². The van der Waals surface area contributed by atoms with E-state index in [-0.39, 0.29) is 0 Å². The van der Waals surface area contributed by atoms with Crippen LogP contribution in [0, 0.1) is 3.57 Å². The van der Waals surface area contributed by atoms with Gasteiger partial charge in [-0.2, -0.15) is 0 Å². The molecular weight excluding hydrogens is 423 g/mol. The molecule has 0 heterocycles. The summed E-state index contributed by atoms with van der Waals surface area (Å²) in [7, 11) is 3.46. The van der Waals surface area contributed by atoms with Gasteiger partial charge in [0.05, 0.1) is 14.2 Å². The Hall–Kier alpha value is -1.49. The Labute approximate surface area is 163 Å². The van der Waals surface area contributed by atoms with Crippen molar-refractivity contribution in [3.63, 3.8) is 0 Å². The number of hydrogen-bond donors (Lipinski definition) is 0. The summed E-state index contributed by atoms with van der Waals surface area (Å²) in [5.74, 6) is 1.83. The van der Waals surface area contributed by atoms with Crippen molar-refractivity contribution < 1.29 is 9.47 Å². The lowest BCUT2D eigenvalue weighted by atomic mass is 9.94. The Morgan fingerprint density at radius 3 is 1.96 bits per heavy atom. The van der Waals surface area contributed by atoms with Crippen LogP contribution in [0.25, 0.3) is 21.5 Å². The fourth-order valence-corrected chi connectivity index (χ4v) is 4.46. The maximum absolute atomic E-state index is 5.49. The first-order valence-corrected chi connectivity index (χ1v) is 10.0. The average molecular weight is 448 g/mol. The number of halogens is 1. The Bertz CT molecular complexity index is 886. The molecule has 0 N–H and O–H groups in total. The summed E-state index contributed by atoms with van der Waals surface area (Å²) in [5.41, 5.74) is 1.44. The van der Waals surface area contributed by atoms with E-state index in [1.165, 1.54) is 56.4 Å². The van der Waals surface area contributed by atoms with Gasteiger partial charge in [-0.3, -0.25) is 0 Å². The lowest BCUT2D eigenvalue weighted by molar-refractivity contribution is 0.415. The number of methoxy groups -OCH3 is 2. The molecule has 0 spiro atoms. The van der Waals surface area contributed by atoms with Crippen molar-refractivity contribution in [3.8, 4) is 11.5 Å². The summed E-state index contributed by atoms with van der Waals surface area (Å²) in [6.45, 7) is 2.26. The van der Waals surface area contributed by atoms with Crippen LogP contribution < -0.4 is 9.47 Å². The zero-order chi connectivity index (χ0) is 17.8. The summed E-state index contributed by atoms with van der Waals surface area (Å²) in [5, 5.41) is 5.17. The molecule has 3 heteroatoms. The number of hydrogen-bond acceptors (Lipinski definition) is 2. The van der Waals surface area contributed by atoms with E-state index < -0.39 is 0 Å². The maximum atomic E-state index is 5.49. The first-order valence-electron chi connectivity index (χ1n) is 8.95. The molecule has 0 fully saturated rings. The van der Waals surface area contributed by atoms with E-state index in [1.54, 1.807) is 14.2 Å². The van der Waals surface area contributed by atoms with Gasteiger partial charge in [-0.05, 0) is 86.8 Å².